The van der Waals surface area contributed by atoms with Gasteiger partial charge in [0.1, 0.15) is 12.1 Å². The van der Waals surface area contributed by atoms with Gasteiger partial charge in [-0.05, 0) is 60.6 Å². The summed E-state index contributed by atoms with van der Waals surface area (Å²) in [6.07, 6.45) is 0.808. The number of nitrogens with one attached hydrogen (secondary N) is 1. The molecule has 1 aliphatic heterocycles. The van der Waals surface area contributed by atoms with E-state index in [-0.39, 0.29) is 18.6 Å². The van der Waals surface area contributed by atoms with E-state index in [1.165, 1.54) is 6.42 Å². The van der Waals surface area contributed by atoms with E-state index in [0.717, 1.165) is 12.0 Å². The zero-order valence-corrected chi connectivity index (χ0v) is 19.0. The molecule has 2 bridgehead atoms. The van der Waals surface area contributed by atoms with Gasteiger partial charge in [0.15, 0.2) is 0 Å². The molecule has 1 amide bonds. The second-order valence-electron chi connectivity index (χ2n) is 10.5. The van der Waals surface area contributed by atoms with Crippen LogP contribution in [0.2, 0.25) is 0 Å². The summed E-state index contributed by atoms with van der Waals surface area (Å²) < 4.78 is 0. The molecule has 0 radical (unpaired) electrons. The highest BCUT2D eigenvalue weighted by molar-refractivity contribution is 5.82. The minimum Gasteiger partial charge on any atom is -0.399 e. The molecule has 1 unspecified atom stereocenters. The average Bonchev–Trinajstić information content (AvgIpc) is 3.07. The Morgan fingerprint density at radius 3 is 2.71 bits per heavy atom. The minimum absolute atomic E-state index is 0.126. The molecule has 172 valence electrons. The van der Waals surface area contributed by atoms with Crippen LogP contribution < -0.4 is 11.1 Å². The Bertz CT molecular complexity index is 814. The molecule has 3 aliphatic carbocycles. The van der Waals surface area contributed by atoms with Crippen molar-refractivity contribution in [2.24, 2.45) is 29.1 Å². The number of hydrogen-bond donors (Lipinski definition) is 4. The van der Waals surface area contributed by atoms with Gasteiger partial charge in [-0.2, -0.15) is 5.06 Å². The topological polar surface area (TPSA) is 108 Å². The van der Waals surface area contributed by atoms with Crippen molar-refractivity contribution >= 4 is 11.6 Å². The highest BCUT2D eigenvalue weighted by Crippen LogP contribution is 2.61. The van der Waals surface area contributed by atoms with Gasteiger partial charge < -0.3 is 21.3 Å². The molecule has 1 saturated heterocycles. The monoisotopic (exact) mass is 431 g/mol. The molecule has 0 spiro atoms. The lowest BCUT2D eigenvalue weighted by molar-refractivity contribution is -0.183. The fourth-order valence-electron chi connectivity index (χ4n) is 6.36. The molecule has 1 heterocycles. The number of nitrogens with zero attached hydrogens (tertiary/aromatic N) is 1. The van der Waals surface area contributed by atoms with E-state index >= 15 is 0 Å². The standard InChI is InChI=1S/C24H37N3O4/c1-13-18-9-16(24(18,3)4)10-19(13)26-23(30)22-21(14(2)29)20(12-28)31-27(22)11-15-6-5-7-17(25)8-15/h5-8,13-14,16,18-22,28-29H,9-12,25H2,1-4H3,(H,26,30)/t13-,14-,16+,18-,19?,20-,21+,22-/m0/s1. The molecular formula is C24H37N3O4. The minimum atomic E-state index is -0.796. The highest BCUT2D eigenvalue weighted by atomic mass is 16.7. The van der Waals surface area contributed by atoms with Crippen LogP contribution in [0.5, 0.6) is 0 Å². The first-order chi connectivity index (χ1) is 14.6. The Hall–Kier alpha value is -1.67. The van der Waals surface area contributed by atoms with Gasteiger partial charge in [0.05, 0.1) is 19.3 Å². The van der Waals surface area contributed by atoms with Crippen molar-refractivity contribution < 1.29 is 19.8 Å². The van der Waals surface area contributed by atoms with E-state index in [9.17, 15) is 15.0 Å². The zero-order chi connectivity index (χ0) is 22.5. The van der Waals surface area contributed by atoms with E-state index in [1.807, 2.05) is 24.3 Å². The number of benzene rings is 1. The van der Waals surface area contributed by atoms with Crippen LogP contribution in [0.15, 0.2) is 24.3 Å². The first kappa shape index (κ1) is 22.5. The Kier molecular flexibility index (Phi) is 6.07. The molecule has 7 heteroatoms. The largest absolute Gasteiger partial charge is 0.399 e. The smallest absolute Gasteiger partial charge is 0.240 e. The molecule has 31 heavy (non-hydrogen) atoms. The maximum Gasteiger partial charge on any atom is 0.240 e. The van der Waals surface area contributed by atoms with Crippen molar-refractivity contribution in [2.75, 3.05) is 12.3 Å². The molecule has 3 saturated carbocycles. The summed E-state index contributed by atoms with van der Waals surface area (Å²) in [4.78, 5) is 19.5. The van der Waals surface area contributed by atoms with Crippen LogP contribution in [-0.4, -0.2) is 52.1 Å². The van der Waals surface area contributed by atoms with Crippen LogP contribution in [0.1, 0.15) is 46.1 Å². The van der Waals surface area contributed by atoms with E-state index in [1.54, 1.807) is 12.0 Å². The molecule has 7 nitrogen and oxygen atoms in total. The fourth-order valence-corrected chi connectivity index (χ4v) is 6.36. The number of nitrogen functional groups attached to an aromatic ring is 1. The van der Waals surface area contributed by atoms with Gasteiger partial charge in [-0.25, -0.2) is 0 Å². The van der Waals surface area contributed by atoms with E-state index < -0.39 is 24.2 Å². The predicted octanol–water partition coefficient (Wildman–Crippen LogP) is 1.93. The third-order valence-corrected chi connectivity index (χ3v) is 8.35. The predicted molar refractivity (Wildman–Crippen MR) is 118 cm³/mol. The number of amides is 1. The quantitative estimate of drug-likeness (QED) is 0.513. The number of aliphatic hydroxyl groups is 2. The number of anilines is 1. The first-order valence-electron chi connectivity index (χ1n) is 11.5. The van der Waals surface area contributed by atoms with Gasteiger partial charge in [0.2, 0.25) is 5.91 Å². The SMILES string of the molecule is C[C@H](O)[C@@H]1[C@H](CO)ON(Cc2cccc(N)c2)[C@@H]1C(=O)NC1C[C@H]2C[C@@H]([C@@H]1C)C2(C)C. The number of nitrogens with two attached hydrogens (primary N) is 1. The summed E-state index contributed by atoms with van der Waals surface area (Å²) in [6, 6.07) is 6.89. The Balaban J connectivity index is 1.53. The molecular weight excluding hydrogens is 394 g/mol. The summed E-state index contributed by atoms with van der Waals surface area (Å²) >= 11 is 0. The molecule has 4 aliphatic rings. The summed E-state index contributed by atoms with van der Waals surface area (Å²) in [7, 11) is 0. The van der Waals surface area contributed by atoms with Crippen LogP contribution in [-0.2, 0) is 16.2 Å². The maximum absolute atomic E-state index is 13.5. The maximum atomic E-state index is 13.5. The molecule has 5 rings (SSSR count). The van der Waals surface area contributed by atoms with Crippen molar-refractivity contribution in [1.82, 2.24) is 10.4 Å². The summed E-state index contributed by atoms with van der Waals surface area (Å²) in [5.74, 6) is 1.02. The molecule has 8 atom stereocenters. The lowest BCUT2D eigenvalue weighted by Gasteiger charge is -2.62. The van der Waals surface area contributed by atoms with Gasteiger partial charge >= 0.3 is 0 Å². The second kappa shape index (κ2) is 8.35. The molecule has 4 fully saturated rings. The second-order valence-corrected chi connectivity index (χ2v) is 10.5. The van der Waals surface area contributed by atoms with Crippen LogP contribution in [0.4, 0.5) is 5.69 Å². The number of aliphatic hydroxyl groups excluding tert-OH is 2. The van der Waals surface area contributed by atoms with Gasteiger partial charge in [0, 0.05) is 17.6 Å². The lowest BCUT2D eigenvalue weighted by Crippen LogP contribution is -2.62. The third kappa shape index (κ3) is 3.97. The van der Waals surface area contributed by atoms with Crippen LogP contribution in [0.25, 0.3) is 0 Å². The van der Waals surface area contributed by atoms with Gasteiger partial charge in [0.25, 0.3) is 0 Å². The summed E-state index contributed by atoms with van der Waals surface area (Å²) in [6.45, 7) is 8.67. The van der Waals surface area contributed by atoms with Crippen molar-refractivity contribution in [3.63, 3.8) is 0 Å². The highest BCUT2D eigenvalue weighted by Gasteiger charge is 2.57. The van der Waals surface area contributed by atoms with Crippen molar-refractivity contribution in [3.05, 3.63) is 29.8 Å². The number of hydroxylamine groups is 2. The Labute approximate surface area is 184 Å². The van der Waals surface area contributed by atoms with Crippen LogP contribution >= 0.6 is 0 Å². The van der Waals surface area contributed by atoms with Crippen molar-refractivity contribution in [3.8, 4) is 0 Å². The van der Waals surface area contributed by atoms with Gasteiger partial charge in [-0.1, -0.05) is 32.9 Å². The van der Waals surface area contributed by atoms with E-state index in [4.69, 9.17) is 10.6 Å². The summed E-state index contributed by atoms with van der Waals surface area (Å²) in [5.41, 5.74) is 7.82. The molecule has 1 aromatic carbocycles. The number of carbonyl (C=O) groups is 1. The lowest BCUT2D eigenvalue weighted by atomic mass is 9.45. The van der Waals surface area contributed by atoms with Crippen molar-refractivity contribution in [1.29, 1.82) is 0 Å². The Morgan fingerprint density at radius 1 is 1.39 bits per heavy atom. The Morgan fingerprint density at radius 2 is 2.13 bits per heavy atom. The van der Waals surface area contributed by atoms with Crippen LogP contribution in [0.3, 0.4) is 0 Å². The first-order valence-corrected chi connectivity index (χ1v) is 11.5. The zero-order valence-electron chi connectivity index (χ0n) is 19.0. The average molecular weight is 432 g/mol. The number of carbonyl (C=O) groups excluding carboxylic acids is 1. The molecule has 5 N–H and O–H groups in total. The van der Waals surface area contributed by atoms with E-state index in [2.05, 4.69) is 26.1 Å². The van der Waals surface area contributed by atoms with E-state index in [0.29, 0.717) is 35.4 Å². The fraction of sp³-hybridized carbons (Fsp3) is 0.708. The van der Waals surface area contributed by atoms with Gasteiger partial charge in [-0.15, -0.1) is 0 Å². The molecule has 0 aromatic heterocycles. The van der Waals surface area contributed by atoms with Crippen molar-refractivity contribution in [2.45, 2.75) is 71.4 Å². The summed E-state index contributed by atoms with van der Waals surface area (Å²) in [5, 5.41) is 25.2. The number of hydrogen-bond acceptors (Lipinski definition) is 6. The third-order valence-electron chi connectivity index (χ3n) is 8.35. The van der Waals surface area contributed by atoms with Gasteiger partial charge in [-0.3, -0.25) is 9.63 Å². The number of rotatable bonds is 6. The normalized spacial score (nSPS) is 37.8. The van der Waals surface area contributed by atoms with Crippen LogP contribution in [0, 0.1) is 29.1 Å². The number of fused-ring (bicyclic) bond motifs is 2. The molecule has 1 aromatic rings.